The summed E-state index contributed by atoms with van der Waals surface area (Å²) < 4.78 is 5.10. The number of anilines is 2. The molecule has 6 nitrogen and oxygen atoms in total. The SMILES string of the molecule is Cc1cc(C)cc(N2C[C@H](C(=O)OCC(=O)Nc3ccc(Cl)c(Cl)c3)CC2=O)c1. The van der Waals surface area contributed by atoms with E-state index in [0.717, 1.165) is 16.8 Å². The molecule has 152 valence electrons. The quantitative estimate of drug-likeness (QED) is 0.717. The lowest BCUT2D eigenvalue weighted by molar-refractivity contribution is -0.151. The third-order valence-electron chi connectivity index (χ3n) is 4.53. The number of halogens is 2. The van der Waals surface area contributed by atoms with Gasteiger partial charge in [-0.3, -0.25) is 14.4 Å². The molecule has 2 aromatic rings. The zero-order chi connectivity index (χ0) is 21.1. The van der Waals surface area contributed by atoms with Crippen molar-refractivity contribution in [3.8, 4) is 0 Å². The van der Waals surface area contributed by atoms with Gasteiger partial charge in [-0.25, -0.2) is 0 Å². The Hall–Kier alpha value is -2.57. The standard InChI is InChI=1S/C21H20Cl2N2O4/c1-12-5-13(2)7-16(6-12)25-10-14(8-20(25)27)21(28)29-11-19(26)24-15-3-4-17(22)18(23)9-15/h3-7,9,14H,8,10-11H2,1-2H3,(H,24,26)/t14-/m1/s1. The first-order chi connectivity index (χ1) is 13.7. The van der Waals surface area contributed by atoms with E-state index in [-0.39, 0.29) is 18.9 Å². The topological polar surface area (TPSA) is 75.7 Å². The predicted octanol–water partition coefficient (Wildman–Crippen LogP) is 4.15. The number of aryl methyl sites for hydroxylation is 2. The van der Waals surface area contributed by atoms with Crippen LogP contribution in [0.4, 0.5) is 11.4 Å². The Labute approximate surface area is 178 Å². The number of amides is 2. The van der Waals surface area contributed by atoms with Crippen LogP contribution in [0.1, 0.15) is 17.5 Å². The van der Waals surface area contributed by atoms with E-state index in [1.807, 2.05) is 32.0 Å². The molecule has 1 aliphatic rings. The number of esters is 1. The lowest BCUT2D eigenvalue weighted by Crippen LogP contribution is -2.28. The van der Waals surface area contributed by atoms with E-state index in [1.54, 1.807) is 17.0 Å². The summed E-state index contributed by atoms with van der Waals surface area (Å²) >= 11 is 11.7. The van der Waals surface area contributed by atoms with E-state index < -0.39 is 24.4 Å². The molecule has 0 aliphatic carbocycles. The van der Waals surface area contributed by atoms with Crippen LogP contribution in [0.5, 0.6) is 0 Å². The Morgan fingerprint density at radius 1 is 1.10 bits per heavy atom. The smallest absolute Gasteiger partial charge is 0.311 e. The van der Waals surface area contributed by atoms with Gasteiger partial charge in [-0.2, -0.15) is 0 Å². The zero-order valence-corrected chi connectivity index (χ0v) is 17.5. The highest BCUT2D eigenvalue weighted by molar-refractivity contribution is 6.42. The highest BCUT2D eigenvalue weighted by Crippen LogP contribution is 2.28. The number of benzene rings is 2. The Balaban J connectivity index is 1.55. The lowest BCUT2D eigenvalue weighted by Gasteiger charge is -2.18. The Morgan fingerprint density at radius 2 is 1.79 bits per heavy atom. The molecule has 1 aliphatic heterocycles. The van der Waals surface area contributed by atoms with Gasteiger partial charge in [0.2, 0.25) is 5.91 Å². The highest BCUT2D eigenvalue weighted by Gasteiger charge is 2.36. The molecule has 0 saturated carbocycles. The molecule has 2 amide bonds. The Morgan fingerprint density at radius 3 is 2.45 bits per heavy atom. The number of nitrogens with one attached hydrogen (secondary N) is 1. The van der Waals surface area contributed by atoms with Gasteiger partial charge in [-0.05, 0) is 55.3 Å². The van der Waals surface area contributed by atoms with Crippen LogP contribution in [0.25, 0.3) is 0 Å². The van der Waals surface area contributed by atoms with Crippen molar-refractivity contribution in [2.75, 3.05) is 23.4 Å². The van der Waals surface area contributed by atoms with E-state index in [0.29, 0.717) is 15.7 Å². The van der Waals surface area contributed by atoms with Gasteiger partial charge in [0.25, 0.3) is 5.91 Å². The summed E-state index contributed by atoms with van der Waals surface area (Å²) in [5.74, 6) is -1.83. The second-order valence-electron chi connectivity index (χ2n) is 7.04. The number of hydrogen-bond acceptors (Lipinski definition) is 4. The van der Waals surface area contributed by atoms with Crippen molar-refractivity contribution in [2.24, 2.45) is 5.92 Å². The molecule has 0 spiro atoms. The molecule has 2 aromatic carbocycles. The van der Waals surface area contributed by atoms with Gasteiger partial charge >= 0.3 is 5.97 Å². The third-order valence-corrected chi connectivity index (χ3v) is 5.26. The number of hydrogen-bond donors (Lipinski definition) is 1. The van der Waals surface area contributed by atoms with Crippen molar-refractivity contribution in [2.45, 2.75) is 20.3 Å². The van der Waals surface area contributed by atoms with Crippen LogP contribution >= 0.6 is 23.2 Å². The minimum absolute atomic E-state index is 0.0558. The maximum Gasteiger partial charge on any atom is 0.311 e. The first-order valence-corrected chi connectivity index (χ1v) is 9.78. The lowest BCUT2D eigenvalue weighted by atomic mass is 10.1. The minimum Gasteiger partial charge on any atom is -0.455 e. The Kier molecular flexibility index (Phi) is 6.45. The molecule has 1 atom stereocenters. The van der Waals surface area contributed by atoms with Crippen molar-refractivity contribution >= 4 is 52.4 Å². The molecule has 29 heavy (non-hydrogen) atoms. The van der Waals surface area contributed by atoms with Crippen molar-refractivity contribution in [3.63, 3.8) is 0 Å². The van der Waals surface area contributed by atoms with Crippen LogP contribution in [-0.4, -0.2) is 30.9 Å². The van der Waals surface area contributed by atoms with Gasteiger partial charge in [-0.15, -0.1) is 0 Å². The average molecular weight is 435 g/mol. The van der Waals surface area contributed by atoms with E-state index in [2.05, 4.69) is 5.32 Å². The average Bonchev–Trinajstić information content (AvgIpc) is 3.04. The molecule has 1 saturated heterocycles. The minimum atomic E-state index is -0.610. The maximum absolute atomic E-state index is 12.4. The van der Waals surface area contributed by atoms with Crippen molar-refractivity contribution < 1.29 is 19.1 Å². The maximum atomic E-state index is 12.4. The summed E-state index contributed by atoms with van der Waals surface area (Å²) in [4.78, 5) is 38.3. The summed E-state index contributed by atoms with van der Waals surface area (Å²) in [7, 11) is 0. The van der Waals surface area contributed by atoms with E-state index >= 15 is 0 Å². The molecule has 8 heteroatoms. The summed E-state index contributed by atoms with van der Waals surface area (Å²) in [6.07, 6.45) is 0.0558. The van der Waals surface area contributed by atoms with Crippen molar-refractivity contribution in [3.05, 3.63) is 57.6 Å². The van der Waals surface area contributed by atoms with Crippen LogP contribution < -0.4 is 10.2 Å². The monoisotopic (exact) mass is 434 g/mol. The summed E-state index contributed by atoms with van der Waals surface area (Å²) in [6, 6.07) is 10.5. The second kappa shape index (κ2) is 8.84. The first kappa shape index (κ1) is 21.1. The molecule has 1 N–H and O–H groups in total. The third kappa shape index (κ3) is 5.28. The molecule has 0 radical (unpaired) electrons. The summed E-state index contributed by atoms with van der Waals surface area (Å²) in [6.45, 7) is 3.69. The molecule has 0 aromatic heterocycles. The molecule has 0 bridgehead atoms. The van der Waals surface area contributed by atoms with Gasteiger partial charge in [0, 0.05) is 24.3 Å². The van der Waals surface area contributed by atoms with Crippen LogP contribution in [0.3, 0.4) is 0 Å². The number of carbonyl (C=O) groups is 3. The Bertz CT molecular complexity index is 957. The number of rotatable bonds is 5. The summed E-state index contributed by atoms with van der Waals surface area (Å²) in [5, 5.41) is 3.25. The van der Waals surface area contributed by atoms with Gasteiger partial charge in [0.1, 0.15) is 0 Å². The second-order valence-corrected chi connectivity index (χ2v) is 7.85. The molecular weight excluding hydrogens is 415 g/mol. The fraction of sp³-hybridized carbons (Fsp3) is 0.286. The number of carbonyl (C=O) groups excluding carboxylic acids is 3. The zero-order valence-electron chi connectivity index (χ0n) is 16.0. The number of nitrogens with zero attached hydrogens (tertiary/aromatic N) is 1. The molecule has 3 rings (SSSR count). The van der Waals surface area contributed by atoms with E-state index in [4.69, 9.17) is 27.9 Å². The summed E-state index contributed by atoms with van der Waals surface area (Å²) in [5.41, 5.74) is 3.29. The first-order valence-electron chi connectivity index (χ1n) is 9.03. The van der Waals surface area contributed by atoms with Crippen LogP contribution in [0, 0.1) is 19.8 Å². The normalized spacial score (nSPS) is 16.1. The molecule has 0 unspecified atom stereocenters. The van der Waals surface area contributed by atoms with Crippen LogP contribution in [0.2, 0.25) is 10.0 Å². The van der Waals surface area contributed by atoms with Gasteiger partial charge in [0.05, 0.1) is 16.0 Å². The van der Waals surface area contributed by atoms with Crippen molar-refractivity contribution in [1.29, 1.82) is 0 Å². The van der Waals surface area contributed by atoms with Gasteiger partial charge in [0.15, 0.2) is 6.61 Å². The molecule has 1 heterocycles. The fourth-order valence-electron chi connectivity index (χ4n) is 3.25. The van der Waals surface area contributed by atoms with E-state index in [1.165, 1.54) is 6.07 Å². The highest BCUT2D eigenvalue weighted by atomic mass is 35.5. The van der Waals surface area contributed by atoms with Gasteiger partial charge in [-0.1, -0.05) is 29.3 Å². The predicted molar refractivity (Wildman–Crippen MR) is 112 cm³/mol. The fourth-order valence-corrected chi connectivity index (χ4v) is 3.55. The van der Waals surface area contributed by atoms with Crippen LogP contribution in [0.15, 0.2) is 36.4 Å². The molecule has 1 fully saturated rings. The van der Waals surface area contributed by atoms with Crippen molar-refractivity contribution in [1.82, 2.24) is 0 Å². The van der Waals surface area contributed by atoms with E-state index in [9.17, 15) is 14.4 Å². The largest absolute Gasteiger partial charge is 0.455 e. The van der Waals surface area contributed by atoms with Crippen LogP contribution in [-0.2, 0) is 19.1 Å². The number of ether oxygens (including phenoxy) is 1. The van der Waals surface area contributed by atoms with Gasteiger partial charge < -0.3 is 15.0 Å². The molecular formula is C21H20Cl2N2O4.